The number of nitrogens with zero attached hydrogens (tertiary/aromatic N) is 1. The Hall–Kier alpha value is -1.67. The quantitative estimate of drug-likeness (QED) is 0.454. The molecule has 2 bridgehead atoms. The summed E-state index contributed by atoms with van der Waals surface area (Å²) in [6, 6.07) is -1.30. The first-order valence-electron chi connectivity index (χ1n) is 11.5. The van der Waals surface area contributed by atoms with Crippen molar-refractivity contribution in [1.82, 2.24) is 15.5 Å². The Balaban J connectivity index is 2.01. The standard InChI is InChI=1S/C22H37N3O5/c1-5-8-9-12-24-19(28)17-22-11-10-21(7-3,30-22)15(18(27)23-4)16(22)20(29)25(17)14(6-2)13-26/h14-17,26H,5-13H2,1-4H3,(H,23,27)(H,24,28)/t14-,15-,16-,17?,21+,22?/m0/s1. The van der Waals surface area contributed by atoms with Crippen LogP contribution in [0.25, 0.3) is 0 Å². The molecular formula is C22H37N3O5. The summed E-state index contributed by atoms with van der Waals surface area (Å²) >= 11 is 0. The maximum Gasteiger partial charge on any atom is 0.245 e. The molecule has 0 aromatic carbocycles. The summed E-state index contributed by atoms with van der Waals surface area (Å²) in [5.74, 6) is -2.01. The van der Waals surface area contributed by atoms with Crippen molar-refractivity contribution in [2.24, 2.45) is 11.8 Å². The highest BCUT2D eigenvalue weighted by atomic mass is 16.5. The average molecular weight is 424 g/mol. The van der Waals surface area contributed by atoms with Gasteiger partial charge in [0.2, 0.25) is 17.7 Å². The van der Waals surface area contributed by atoms with E-state index in [0.29, 0.717) is 32.2 Å². The van der Waals surface area contributed by atoms with Gasteiger partial charge in [0, 0.05) is 13.6 Å². The zero-order valence-corrected chi connectivity index (χ0v) is 18.7. The molecule has 0 saturated carbocycles. The smallest absolute Gasteiger partial charge is 0.245 e. The van der Waals surface area contributed by atoms with Crippen molar-refractivity contribution in [2.45, 2.75) is 89.0 Å². The highest BCUT2D eigenvalue weighted by Gasteiger charge is 2.78. The maximum atomic E-state index is 13.7. The number of ether oxygens (including phenoxy) is 1. The van der Waals surface area contributed by atoms with E-state index in [2.05, 4.69) is 17.6 Å². The summed E-state index contributed by atoms with van der Waals surface area (Å²) < 4.78 is 6.59. The molecule has 0 aromatic rings. The number of nitrogens with one attached hydrogen (secondary N) is 2. The van der Waals surface area contributed by atoms with Crippen LogP contribution in [0.2, 0.25) is 0 Å². The number of aliphatic hydroxyl groups is 1. The van der Waals surface area contributed by atoms with Gasteiger partial charge in [-0.05, 0) is 32.1 Å². The molecule has 0 aromatic heterocycles. The second kappa shape index (κ2) is 8.83. The molecule has 3 saturated heterocycles. The molecular weight excluding hydrogens is 386 g/mol. The number of carbonyl (C=O) groups is 3. The van der Waals surface area contributed by atoms with Gasteiger partial charge in [-0.25, -0.2) is 0 Å². The molecule has 3 N–H and O–H groups in total. The molecule has 3 aliphatic heterocycles. The number of rotatable bonds is 10. The van der Waals surface area contributed by atoms with Gasteiger partial charge in [0.15, 0.2) is 0 Å². The van der Waals surface area contributed by atoms with Crippen molar-refractivity contribution in [1.29, 1.82) is 0 Å². The van der Waals surface area contributed by atoms with Gasteiger partial charge < -0.3 is 25.4 Å². The van der Waals surface area contributed by atoms with Crippen LogP contribution in [0.5, 0.6) is 0 Å². The number of fused-ring (bicyclic) bond motifs is 1. The van der Waals surface area contributed by atoms with E-state index < -0.39 is 35.1 Å². The lowest BCUT2D eigenvalue weighted by molar-refractivity contribution is -0.151. The SMILES string of the molecule is CCCCCNC(=O)C1N([C@@H](CC)CO)C(=O)[C@@H]2[C@@H](C(=O)NC)[C@@]3(CC)CCC12O3. The van der Waals surface area contributed by atoms with E-state index >= 15 is 0 Å². The van der Waals surface area contributed by atoms with Gasteiger partial charge in [0.25, 0.3) is 0 Å². The Morgan fingerprint density at radius 2 is 1.97 bits per heavy atom. The number of hydrogen-bond donors (Lipinski definition) is 3. The van der Waals surface area contributed by atoms with Crippen LogP contribution in [0, 0.1) is 11.8 Å². The zero-order valence-electron chi connectivity index (χ0n) is 18.7. The molecule has 2 unspecified atom stereocenters. The Morgan fingerprint density at radius 1 is 1.23 bits per heavy atom. The summed E-state index contributed by atoms with van der Waals surface area (Å²) in [6.07, 6.45) is 5.28. The van der Waals surface area contributed by atoms with Crippen molar-refractivity contribution in [2.75, 3.05) is 20.2 Å². The average Bonchev–Trinajstić information content (AvgIpc) is 3.36. The highest BCUT2D eigenvalue weighted by Crippen LogP contribution is 2.64. The van der Waals surface area contributed by atoms with E-state index in [1.165, 1.54) is 4.90 Å². The van der Waals surface area contributed by atoms with Crippen LogP contribution in [-0.2, 0) is 19.1 Å². The second-order valence-corrected chi connectivity index (χ2v) is 8.94. The third kappa shape index (κ3) is 3.23. The molecule has 30 heavy (non-hydrogen) atoms. The largest absolute Gasteiger partial charge is 0.394 e. The molecule has 1 spiro atoms. The van der Waals surface area contributed by atoms with Crippen LogP contribution in [0.4, 0.5) is 0 Å². The molecule has 3 amide bonds. The Bertz CT molecular complexity index is 682. The van der Waals surface area contributed by atoms with Gasteiger partial charge in [0.05, 0.1) is 30.1 Å². The van der Waals surface area contributed by atoms with Crippen molar-refractivity contribution in [3.8, 4) is 0 Å². The lowest BCUT2D eigenvalue weighted by atomic mass is 9.65. The van der Waals surface area contributed by atoms with Crippen LogP contribution < -0.4 is 10.6 Å². The lowest BCUT2D eigenvalue weighted by Gasteiger charge is -2.37. The number of carbonyl (C=O) groups excluding carboxylic acids is 3. The van der Waals surface area contributed by atoms with Gasteiger partial charge in [-0.15, -0.1) is 0 Å². The summed E-state index contributed by atoms with van der Waals surface area (Å²) in [6.45, 7) is 6.27. The van der Waals surface area contributed by atoms with Crippen molar-refractivity contribution in [3.05, 3.63) is 0 Å². The predicted octanol–water partition coefficient (Wildman–Crippen LogP) is 0.965. The molecule has 3 rings (SSSR count). The predicted molar refractivity (Wildman–Crippen MR) is 111 cm³/mol. The van der Waals surface area contributed by atoms with Gasteiger partial charge in [-0.3, -0.25) is 14.4 Å². The normalized spacial score (nSPS) is 35.4. The monoisotopic (exact) mass is 423 g/mol. The lowest BCUT2D eigenvalue weighted by Crippen LogP contribution is -2.58. The Kier molecular flexibility index (Phi) is 6.77. The topological polar surface area (TPSA) is 108 Å². The van der Waals surface area contributed by atoms with E-state index in [1.807, 2.05) is 13.8 Å². The van der Waals surface area contributed by atoms with Crippen molar-refractivity contribution < 1.29 is 24.2 Å². The fraction of sp³-hybridized carbons (Fsp3) is 0.864. The number of amides is 3. The van der Waals surface area contributed by atoms with Crippen LogP contribution >= 0.6 is 0 Å². The molecule has 0 radical (unpaired) electrons. The minimum atomic E-state index is -1.01. The molecule has 8 nitrogen and oxygen atoms in total. The summed E-state index contributed by atoms with van der Waals surface area (Å²) in [4.78, 5) is 41.5. The Morgan fingerprint density at radius 3 is 2.53 bits per heavy atom. The van der Waals surface area contributed by atoms with Crippen LogP contribution in [-0.4, -0.2) is 71.2 Å². The first-order chi connectivity index (χ1) is 14.4. The maximum absolute atomic E-state index is 13.7. The van der Waals surface area contributed by atoms with E-state index in [4.69, 9.17) is 4.74 Å². The minimum Gasteiger partial charge on any atom is -0.394 e. The third-order valence-electron chi connectivity index (χ3n) is 7.55. The van der Waals surface area contributed by atoms with Crippen molar-refractivity contribution in [3.63, 3.8) is 0 Å². The fourth-order valence-electron chi connectivity index (χ4n) is 6.00. The molecule has 170 valence electrons. The first kappa shape index (κ1) is 23.0. The van der Waals surface area contributed by atoms with Crippen LogP contribution in [0.3, 0.4) is 0 Å². The number of aliphatic hydroxyl groups excluding tert-OH is 1. The van der Waals surface area contributed by atoms with Gasteiger partial charge >= 0.3 is 0 Å². The van der Waals surface area contributed by atoms with Crippen LogP contribution in [0.15, 0.2) is 0 Å². The van der Waals surface area contributed by atoms with Gasteiger partial charge in [-0.2, -0.15) is 0 Å². The molecule has 0 aliphatic carbocycles. The summed E-state index contributed by atoms with van der Waals surface area (Å²) in [7, 11) is 1.57. The van der Waals surface area contributed by atoms with Crippen molar-refractivity contribution >= 4 is 17.7 Å². The molecule has 6 atom stereocenters. The number of likely N-dealkylation sites (tertiary alicyclic amines) is 1. The third-order valence-corrected chi connectivity index (χ3v) is 7.55. The fourth-order valence-corrected chi connectivity index (χ4v) is 6.00. The number of hydrogen-bond acceptors (Lipinski definition) is 5. The summed E-state index contributed by atoms with van der Waals surface area (Å²) in [5.41, 5.74) is -1.73. The molecule has 3 fully saturated rings. The van der Waals surface area contributed by atoms with Gasteiger partial charge in [0.1, 0.15) is 11.6 Å². The van der Waals surface area contributed by atoms with E-state index in [1.54, 1.807) is 7.05 Å². The molecule has 3 heterocycles. The van der Waals surface area contributed by atoms with E-state index in [9.17, 15) is 19.5 Å². The minimum absolute atomic E-state index is 0.210. The summed E-state index contributed by atoms with van der Waals surface area (Å²) in [5, 5.41) is 15.7. The van der Waals surface area contributed by atoms with E-state index in [-0.39, 0.29) is 24.3 Å². The number of unbranched alkanes of at least 4 members (excludes halogenated alkanes) is 2. The van der Waals surface area contributed by atoms with Crippen LogP contribution in [0.1, 0.15) is 65.7 Å². The van der Waals surface area contributed by atoms with Gasteiger partial charge in [-0.1, -0.05) is 33.6 Å². The second-order valence-electron chi connectivity index (χ2n) is 8.94. The Labute approximate surface area is 179 Å². The van der Waals surface area contributed by atoms with E-state index in [0.717, 1.165) is 19.3 Å². The molecule has 8 heteroatoms. The zero-order chi connectivity index (χ0) is 22.1. The highest BCUT2D eigenvalue weighted by molar-refractivity contribution is 5.99. The first-order valence-corrected chi connectivity index (χ1v) is 11.5. The molecule has 3 aliphatic rings.